The number of hydrogen-bond acceptors (Lipinski definition) is 2. The van der Waals surface area contributed by atoms with Crippen LogP contribution in [0.2, 0.25) is 5.02 Å². The van der Waals surface area contributed by atoms with E-state index in [1.54, 1.807) is 0 Å². The number of fused-ring (bicyclic) bond motifs is 1. The molecule has 0 unspecified atom stereocenters. The minimum Gasteiger partial charge on any atom is -0.376 e. The second-order valence-electron chi connectivity index (χ2n) is 5.01. The lowest BCUT2D eigenvalue weighted by molar-refractivity contribution is 0.968. The second kappa shape index (κ2) is 5.58. The summed E-state index contributed by atoms with van der Waals surface area (Å²) in [6.45, 7) is 0. The molecule has 3 aromatic rings. The number of alkyl halides is 1. The molecule has 0 aliphatic rings. The first-order valence-corrected chi connectivity index (χ1v) is 7.52. The lowest BCUT2D eigenvalue weighted by Crippen LogP contribution is -2.13. The third-order valence-electron chi connectivity index (χ3n) is 3.41. The third-order valence-corrected chi connectivity index (χ3v) is 3.88. The number of nitrogens with zero attached hydrogens (tertiary/aromatic N) is 3. The minimum absolute atomic E-state index is 0.341. The molecule has 0 bridgehead atoms. The van der Waals surface area contributed by atoms with Gasteiger partial charge in [0, 0.05) is 19.1 Å². The Morgan fingerprint density at radius 3 is 2.62 bits per heavy atom. The molecular weight excluding hydrogens is 305 g/mol. The topological polar surface area (TPSA) is 21.1 Å². The maximum Gasteiger partial charge on any atom is 0.129 e. The van der Waals surface area contributed by atoms with Gasteiger partial charge in [0.2, 0.25) is 0 Å². The van der Waals surface area contributed by atoms with Crippen molar-refractivity contribution in [3.63, 3.8) is 0 Å². The zero-order valence-electron chi connectivity index (χ0n) is 11.8. The summed E-state index contributed by atoms with van der Waals surface area (Å²) in [5.74, 6) is 1.15. The van der Waals surface area contributed by atoms with Crippen molar-refractivity contribution in [1.82, 2.24) is 9.55 Å². The summed E-state index contributed by atoms with van der Waals surface area (Å²) in [6.07, 6.45) is 0. The Labute approximate surface area is 133 Å². The highest BCUT2D eigenvalue weighted by Gasteiger charge is 2.15. The van der Waals surface area contributed by atoms with Gasteiger partial charge in [-0.15, -0.1) is 11.6 Å². The van der Waals surface area contributed by atoms with Gasteiger partial charge in [-0.3, -0.25) is 4.57 Å². The van der Waals surface area contributed by atoms with Crippen molar-refractivity contribution < 1.29 is 0 Å². The first kappa shape index (κ1) is 14.2. The van der Waals surface area contributed by atoms with E-state index in [4.69, 9.17) is 23.2 Å². The highest BCUT2D eigenvalue weighted by molar-refractivity contribution is 6.31. The first-order chi connectivity index (χ1) is 10.1. The van der Waals surface area contributed by atoms with Crippen LogP contribution in [0.15, 0.2) is 42.5 Å². The van der Waals surface area contributed by atoms with Crippen LogP contribution in [0.25, 0.3) is 16.7 Å². The van der Waals surface area contributed by atoms with E-state index in [2.05, 4.69) is 26.6 Å². The average molecular weight is 320 g/mol. The van der Waals surface area contributed by atoms with E-state index in [0.717, 1.165) is 28.2 Å². The second-order valence-corrected chi connectivity index (χ2v) is 5.72. The van der Waals surface area contributed by atoms with Gasteiger partial charge in [0.05, 0.1) is 28.3 Å². The van der Waals surface area contributed by atoms with Crippen molar-refractivity contribution in [2.75, 3.05) is 19.0 Å². The van der Waals surface area contributed by atoms with E-state index in [-0.39, 0.29) is 0 Å². The molecule has 0 saturated heterocycles. The molecule has 0 atom stereocenters. The largest absolute Gasteiger partial charge is 0.376 e. The molecule has 0 fully saturated rings. The Morgan fingerprint density at radius 2 is 1.90 bits per heavy atom. The van der Waals surface area contributed by atoms with Crippen LogP contribution in [0.3, 0.4) is 0 Å². The number of halogens is 2. The predicted octanol–water partition coefficient (Wildman–Crippen LogP) is 4.48. The van der Waals surface area contributed by atoms with Gasteiger partial charge in [0.25, 0.3) is 0 Å². The van der Waals surface area contributed by atoms with E-state index in [0.29, 0.717) is 10.9 Å². The Bertz CT molecular complexity index is 793. The SMILES string of the molecule is CN(C)c1ccccc1-n1c(CCl)nc2cc(Cl)ccc21. The van der Waals surface area contributed by atoms with Crippen LogP contribution in [-0.4, -0.2) is 23.6 Å². The molecule has 1 aromatic heterocycles. The molecule has 5 heteroatoms. The predicted molar refractivity (Wildman–Crippen MR) is 90.0 cm³/mol. The fraction of sp³-hybridized carbons (Fsp3) is 0.188. The molecule has 21 heavy (non-hydrogen) atoms. The Kier molecular flexibility index (Phi) is 3.79. The molecular formula is C16H15Cl2N3. The van der Waals surface area contributed by atoms with Crippen LogP contribution in [0, 0.1) is 0 Å². The van der Waals surface area contributed by atoms with Crippen molar-refractivity contribution in [3.05, 3.63) is 53.3 Å². The lowest BCUT2D eigenvalue weighted by Gasteiger charge is -2.19. The van der Waals surface area contributed by atoms with E-state index >= 15 is 0 Å². The molecule has 3 nitrogen and oxygen atoms in total. The molecule has 108 valence electrons. The first-order valence-electron chi connectivity index (χ1n) is 6.61. The van der Waals surface area contributed by atoms with Crippen LogP contribution < -0.4 is 4.90 Å². The van der Waals surface area contributed by atoms with Gasteiger partial charge in [-0.25, -0.2) is 4.98 Å². The monoisotopic (exact) mass is 319 g/mol. The van der Waals surface area contributed by atoms with Gasteiger partial charge in [-0.05, 0) is 30.3 Å². The molecule has 0 aliphatic carbocycles. The van der Waals surface area contributed by atoms with Gasteiger partial charge in [-0.2, -0.15) is 0 Å². The molecule has 0 radical (unpaired) electrons. The summed E-state index contributed by atoms with van der Waals surface area (Å²) in [5.41, 5.74) is 4.03. The smallest absolute Gasteiger partial charge is 0.129 e. The molecule has 0 spiro atoms. The van der Waals surface area contributed by atoms with Gasteiger partial charge in [0.15, 0.2) is 0 Å². The Morgan fingerprint density at radius 1 is 1.14 bits per heavy atom. The lowest BCUT2D eigenvalue weighted by atomic mass is 10.2. The number of benzene rings is 2. The number of anilines is 1. The number of hydrogen-bond donors (Lipinski definition) is 0. The van der Waals surface area contributed by atoms with Gasteiger partial charge >= 0.3 is 0 Å². The summed E-state index contributed by atoms with van der Waals surface area (Å²) in [4.78, 5) is 6.68. The molecule has 0 aliphatic heterocycles. The maximum atomic E-state index is 6.10. The molecule has 1 heterocycles. The standard InChI is InChI=1S/C16H15Cl2N3/c1-20(2)14-5-3-4-6-15(14)21-13-8-7-11(18)9-12(13)19-16(21)10-17/h3-9H,10H2,1-2H3. The quantitative estimate of drug-likeness (QED) is 0.663. The van der Waals surface area contributed by atoms with Gasteiger partial charge < -0.3 is 4.90 Å². The number of para-hydroxylation sites is 2. The molecule has 3 rings (SSSR count). The van der Waals surface area contributed by atoms with Crippen LogP contribution >= 0.6 is 23.2 Å². The highest BCUT2D eigenvalue weighted by atomic mass is 35.5. The van der Waals surface area contributed by atoms with Crippen LogP contribution in [0.5, 0.6) is 0 Å². The highest BCUT2D eigenvalue weighted by Crippen LogP contribution is 2.30. The number of aromatic nitrogens is 2. The zero-order chi connectivity index (χ0) is 15.0. The Balaban J connectivity index is 2.34. The van der Waals surface area contributed by atoms with E-state index in [1.165, 1.54) is 0 Å². The summed E-state index contributed by atoms with van der Waals surface area (Å²) >= 11 is 12.2. The third kappa shape index (κ3) is 2.47. The van der Waals surface area contributed by atoms with Crippen molar-refractivity contribution in [2.45, 2.75) is 5.88 Å². The molecule has 0 N–H and O–H groups in total. The number of rotatable bonds is 3. The van der Waals surface area contributed by atoms with Crippen molar-refractivity contribution in [1.29, 1.82) is 0 Å². The fourth-order valence-electron chi connectivity index (χ4n) is 2.49. The molecule has 0 amide bonds. The fourth-order valence-corrected chi connectivity index (χ4v) is 2.84. The van der Waals surface area contributed by atoms with E-state index in [9.17, 15) is 0 Å². The Hall–Kier alpha value is -1.71. The van der Waals surface area contributed by atoms with Crippen molar-refractivity contribution in [2.24, 2.45) is 0 Å². The summed E-state index contributed by atoms with van der Waals surface area (Å²) < 4.78 is 2.09. The summed E-state index contributed by atoms with van der Waals surface area (Å²) in [7, 11) is 4.05. The van der Waals surface area contributed by atoms with Crippen LogP contribution in [0.4, 0.5) is 5.69 Å². The summed E-state index contributed by atoms with van der Waals surface area (Å²) in [6, 6.07) is 13.9. The zero-order valence-corrected chi connectivity index (χ0v) is 13.4. The van der Waals surface area contributed by atoms with Crippen molar-refractivity contribution >= 4 is 39.9 Å². The van der Waals surface area contributed by atoms with Gasteiger partial charge in [0.1, 0.15) is 5.82 Å². The van der Waals surface area contributed by atoms with Crippen LogP contribution in [-0.2, 0) is 5.88 Å². The van der Waals surface area contributed by atoms with E-state index < -0.39 is 0 Å². The van der Waals surface area contributed by atoms with Crippen molar-refractivity contribution in [3.8, 4) is 5.69 Å². The summed E-state index contributed by atoms with van der Waals surface area (Å²) in [5, 5.41) is 0.675. The number of imidazole rings is 1. The average Bonchev–Trinajstić information content (AvgIpc) is 2.84. The van der Waals surface area contributed by atoms with Crippen LogP contribution in [0.1, 0.15) is 5.82 Å². The van der Waals surface area contributed by atoms with Gasteiger partial charge in [-0.1, -0.05) is 23.7 Å². The minimum atomic E-state index is 0.341. The normalized spacial score (nSPS) is 11.0. The molecule has 2 aromatic carbocycles. The van der Waals surface area contributed by atoms with E-state index in [1.807, 2.05) is 44.4 Å². The molecule has 0 saturated carbocycles. The maximum absolute atomic E-state index is 6.10.